The molecule has 3 heterocycles. The molecule has 3 saturated heterocycles. The average molecular weight is 1640 g/mol. The van der Waals surface area contributed by atoms with Gasteiger partial charge in [-0.15, -0.1) is 0 Å². The Kier molecular flexibility index (Phi) is 34.2. The molecule has 0 radical (unpaired) electrons. The minimum absolute atomic E-state index is 0.00546. The fourth-order valence-electron chi connectivity index (χ4n) is 16.8. The topological polar surface area (TPSA) is 395 Å². The van der Waals surface area contributed by atoms with Crippen LogP contribution in [0.5, 0.6) is 11.5 Å². The van der Waals surface area contributed by atoms with Gasteiger partial charge in [0.25, 0.3) is 0 Å². The van der Waals surface area contributed by atoms with Crippen molar-refractivity contribution in [2.75, 3.05) is 50.3 Å². The van der Waals surface area contributed by atoms with Crippen LogP contribution in [0.2, 0.25) is 0 Å². The molecule has 3 aliphatic heterocycles. The highest BCUT2D eigenvalue weighted by atomic mass is 32.2. The first-order valence-corrected chi connectivity index (χ1v) is 44.0. The van der Waals surface area contributed by atoms with Gasteiger partial charge in [-0.3, -0.25) is 57.5 Å². The second kappa shape index (κ2) is 43.8. The lowest BCUT2D eigenvalue weighted by Gasteiger charge is -2.43. The number of rotatable bonds is 24. The van der Waals surface area contributed by atoms with Gasteiger partial charge in [0.2, 0.25) is 70.9 Å². The fourth-order valence-corrected chi connectivity index (χ4v) is 17.7. The second-order valence-electron chi connectivity index (χ2n) is 32.3. The maximum absolute atomic E-state index is 16.5. The molecule has 9 rings (SSSR count). The Balaban J connectivity index is 1.21. The number of hydrogen-bond donors (Lipinski definition) is 12. The molecule has 0 aromatic heterocycles. The van der Waals surface area contributed by atoms with E-state index in [1.54, 1.807) is 115 Å². The van der Waals surface area contributed by atoms with Gasteiger partial charge >= 0.3 is 0 Å². The lowest BCUT2D eigenvalue weighted by atomic mass is 9.88. The molecule has 0 spiro atoms. The molecule has 0 bridgehead atoms. The summed E-state index contributed by atoms with van der Waals surface area (Å²) in [7, 11) is 0. The normalized spacial score (nSPS) is 25.2. The maximum atomic E-state index is 16.5. The smallest absolute Gasteiger partial charge is 0.248 e. The van der Waals surface area contributed by atoms with Crippen LogP contribution in [-0.2, 0) is 70.4 Å². The number of aliphatic hydroxyl groups is 2. The van der Waals surface area contributed by atoms with Crippen molar-refractivity contribution in [1.29, 1.82) is 0 Å². The number of nitrogens with one attached hydrogen (secondary N) is 8. The van der Waals surface area contributed by atoms with Gasteiger partial charge in [0, 0.05) is 49.9 Å². The molecule has 116 heavy (non-hydrogen) atoms. The molecule has 5 aliphatic rings. The van der Waals surface area contributed by atoms with Crippen LogP contribution in [0.15, 0.2) is 109 Å². The summed E-state index contributed by atoms with van der Waals surface area (Å²) in [5.74, 6) is -13.6. The molecular formula is C86H120N12O16S2. The Hall–Kier alpha value is -9.26. The number of thioether (sulfide) groups is 2. The number of aliphatic hydroxyl groups excluding tert-OH is 2. The van der Waals surface area contributed by atoms with Crippen LogP contribution in [-0.4, -0.2) is 246 Å². The summed E-state index contributed by atoms with van der Waals surface area (Å²) in [5, 5.41) is 68.5. The maximum Gasteiger partial charge on any atom is 0.248 e. The minimum Gasteiger partial charge on any atom is -0.508 e. The molecule has 632 valence electrons. The summed E-state index contributed by atoms with van der Waals surface area (Å²) < 4.78 is 0. The highest BCUT2D eigenvalue weighted by Crippen LogP contribution is 2.34. The van der Waals surface area contributed by atoms with Gasteiger partial charge in [-0.05, 0) is 147 Å². The van der Waals surface area contributed by atoms with E-state index >= 15 is 57.5 Å². The van der Waals surface area contributed by atoms with E-state index in [9.17, 15) is 20.4 Å². The van der Waals surface area contributed by atoms with Crippen molar-refractivity contribution >= 4 is 94.4 Å². The molecule has 2 saturated carbocycles. The molecule has 30 heteroatoms. The number of amides is 12. The van der Waals surface area contributed by atoms with Crippen molar-refractivity contribution in [2.24, 2.45) is 11.8 Å². The van der Waals surface area contributed by atoms with E-state index < -0.39 is 180 Å². The molecule has 28 nitrogen and oxygen atoms in total. The van der Waals surface area contributed by atoms with E-state index in [4.69, 9.17) is 0 Å². The fraction of sp³-hybridized carbons (Fsp3) is 0.581. The predicted molar refractivity (Wildman–Crippen MR) is 443 cm³/mol. The van der Waals surface area contributed by atoms with Gasteiger partial charge in [0.05, 0.1) is 13.2 Å². The lowest BCUT2D eigenvalue weighted by Crippen LogP contribution is -2.67. The first-order valence-electron chi connectivity index (χ1n) is 41.2. The standard InChI is InChI=1S/C86H120N12O16S2/c1-51(2)71-85(113)97(73(53(5)57-23-13-9-14-24-57)81(109)87-59-27-17-11-18-28-59)69(49-99)83(111)95-43-21-31-67(95)79(107)92-66(48-56-35-39-62(102)40-36-56)78(106)90-64(42-46-116-8)76(104)94-72(52(3)4)86(114)98(74(54(6)58-25-15-10-16-26-58)82(110)88-60-29-19-12-20-30-60)70(50-100)84(112)96-44-22-32-68(96)80(108)91-65(47-55-33-37-61(101)38-34-55)77(105)89-63(41-45-115-7)75(103)93-71/h9-10,13-16,23-26,33-40,51-54,59-60,63-74,99-102H,11-12,17-22,27-32,41-50H2,1-8H3,(H,87,109)(H,88,110)(H,89,105)(H,90,106)(H,91,108)(H,92,107)(H,93,103)(H,94,104)/t53?,54?,63-,64-,65-,66-,67-,68-,69-,70-,71-,72-,73?,74?/m0/s1. The van der Waals surface area contributed by atoms with Crippen LogP contribution in [0, 0.1) is 11.8 Å². The highest BCUT2D eigenvalue weighted by Gasteiger charge is 2.52. The third-order valence-corrected chi connectivity index (χ3v) is 24.7. The van der Waals surface area contributed by atoms with Gasteiger partial charge in [-0.1, -0.05) is 165 Å². The zero-order valence-corrected chi connectivity index (χ0v) is 69.7. The van der Waals surface area contributed by atoms with Crippen molar-refractivity contribution in [3.8, 4) is 11.5 Å². The Morgan fingerprint density at radius 3 is 1.06 bits per heavy atom. The SMILES string of the molecule is CSCC[C@@H]1NC(=O)[C@H](Cc2ccc(O)cc2)NC(=O)[C@@H]2CCCN2C(=O)[C@H](CO)N(C(C(=O)NC2CCCCC2)C(C)c2ccccc2)C(=O)[C@H](C(C)C)NC(=O)[C@H](CCSC)NC(=O)[C@H](Cc2ccc(O)cc2)NC(=O)[C@@H]2CCCN2C(=O)[C@H](CO)N(C(C(=O)NC2CCCCC2)C(C)c2ccccc2)C(=O)[C@H](C(C)C)NC1=O. The monoisotopic (exact) mass is 1640 g/mol. The number of nitrogens with zero attached hydrogens (tertiary/aromatic N) is 4. The van der Waals surface area contributed by atoms with Gasteiger partial charge in [0.1, 0.15) is 84.0 Å². The largest absolute Gasteiger partial charge is 0.508 e. The molecule has 2 aliphatic carbocycles. The number of carbonyl (C=O) groups is 12. The third-order valence-electron chi connectivity index (χ3n) is 23.4. The Morgan fingerprint density at radius 2 is 0.741 bits per heavy atom. The molecule has 14 atom stereocenters. The lowest BCUT2D eigenvalue weighted by molar-refractivity contribution is -0.158. The number of phenols is 2. The van der Waals surface area contributed by atoms with E-state index in [-0.39, 0.29) is 99.5 Å². The number of phenolic OH excluding ortho intramolecular Hbond substituents is 2. The molecular weight excluding hydrogens is 1520 g/mol. The number of hydrogen-bond acceptors (Lipinski definition) is 18. The number of carbonyl (C=O) groups excluding carboxylic acids is 12. The van der Waals surface area contributed by atoms with Crippen LogP contribution in [0.4, 0.5) is 0 Å². The van der Waals surface area contributed by atoms with E-state index in [0.29, 0.717) is 47.9 Å². The summed E-state index contributed by atoms with van der Waals surface area (Å²) in [4.78, 5) is 194. The van der Waals surface area contributed by atoms with Crippen LogP contribution in [0.3, 0.4) is 0 Å². The Morgan fingerprint density at radius 1 is 0.414 bits per heavy atom. The number of benzene rings is 4. The van der Waals surface area contributed by atoms with E-state index in [0.717, 1.165) is 48.3 Å². The van der Waals surface area contributed by atoms with Crippen LogP contribution in [0.1, 0.15) is 178 Å². The predicted octanol–water partition coefficient (Wildman–Crippen LogP) is 5.23. The molecule has 12 N–H and O–H groups in total. The van der Waals surface area contributed by atoms with Gasteiger partial charge in [-0.2, -0.15) is 23.5 Å². The zero-order valence-electron chi connectivity index (χ0n) is 68.0. The number of fused-ring (bicyclic) bond motifs is 2. The Labute approximate surface area is 689 Å². The van der Waals surface area contributed by atoms with Crippen molar-refractivity contribution in [2.45, 2.75) is 254 Å². The van der Waals surface area contributed by atoms with Crippen molar-refractivity contribution in [3.63, 3.8) is 0 Å². The van der Waals surface area contributed by atoms with Crippen molar-refractivity contribution in [1.82, 2.24) is 62.1 Å². The van der Waals surface area contributed by atoms with Crippen LogP contribution >= 0.6 is 23.5 Å². The van der Waals surface area contributed by atoms with Gasteiger partial charge in [0.15, 0.2) is 0 Å². The molecule has 4 aromatic carbocycles. The third kappa shape index (κ3) is 23.6. The first-order chi connectivity index (χ1) is 55.7. The summed E-state index contributed by atoms with van der Waals surface area (Å²) in [6.45, 7) is 7.55. The molecule has 12 amide bonds. The second-order valence-corrected chi connectivity index (χ2v) is 34.2. The van der Waals surface area contributed by atoms with E-state index in [1.165, 1.54) is 81.9 Å². The van der Waals surface area contributed by atoms with E-state index in [2.05, 4.69) is 42.5 Å². The average Bonchev–Trinajstić information content (AvgIpc) is 1.13. The summed E-state index contributed by atoms with van der Waals surface area (Å²) in [5.41, 5.74) is 2.02. The minimum atomic E-state index is -1.93. The number of aromatic hydroxyl groups is 2. The summed E-state index contributed by atoms with van der Waals surface area (Å²) in [6.07, 6.45) is 10.9. The van der Waals surface area contributed by atoms with Crippen molar-refractivity contribution in [3.05, 3.63) is 131 Å². The van der Waals surface area contributed by atoms with Crippen LogP contribution < -0.4 is 42.5 Å². The highest BCUT2D eigenvalue weighted by molar-refractivity contribution is 7.98. The van der Waals surface area contributed by atoms with Gasteiger partial charge in [-0.25, -0.2) is 0 Å². The van der Waals surface area contributed by atoms with Crippen molar-refractivity contribution < 1.29 is 78.0 Å². The molecule has 5 fully saturated rings. The van der Waals surface area contributed by atoms with Gasteiger partial charge < -0.3 is 82.6 Å². The summed E-state index contributed by atoms with van der Waals surface area (Å²) >= 11 is 2.69. The van der Waals surface area contributed by atoms with E-state index in [1.807, 2.05) is 0 Å². The van der Waals surface area contributed by atoms with Crippen LogP contribution in [0.25, 0.3) is 0 Å². The molecule has 4 unspecified atom stereocenters. The summed E-state index contributed by atoms with van der Waals surface area (Å²) in [6, 6.07) is 9.56. The molecule has 4 aromatic rings. The first kappa shape index (κ1) is 90.7. The quantitative estimate of drug-likeness (QED) is 0.0427. The Bertz CT molecular complexity index is 3730. The zero-order chi connectivity index (χ0) is 83.9.